The third-order valence-electron chi connectivity index (χ3n) is 3.71. The standard InChI is InChI=1S/C17H15N5O3/c1-12-2-7-15(22(24)25)8-16(12)20-17(23)14-5-3-13(4-6-14)9-21-11-18-10-19-21/h2-8,10-11H,9H2,1H3,(H,20,23). The van der Waals surface area contributed by atoms with Crippen molar-refractivity contribution < 1.29 is 9.72 Å². The highest BCUT2D eigenvalue weighted by molar-refractivity contribution is 6.04. The number of aromatic nitrogens is 3. The Bertz CT molecular complexity index is 905. The lowest BCUT2D eigenvalue weighted by Crippen LogP contribution is -2.13. The molecule has 126 valence electrons. The summed E-state index contributed by atoms with van der Waals surface area (Å²) in [6.07, 6.45) is 3.08. The van der Waals surface area contributed by atoms with Gasteiger partial charge in [0, 0.05) is 17.7 Å². The van der Waals surface area contributed by atoms with Gasteiger partial charge < -0.3 is 5.32 Å². The Hall–Kier alpha value is -3.55. The summed E-state index contributed by atoms with van der Waals surface area (Å²) in [5.74, 6) is -0.323. The molecular weight excluding hydrogens is 322 g/mol. The minimum atomic E-state index is -0.492. The monoisotopic (exact) mass is 337 g/mol. The summed E-state index contributed by atoms with van der Waals surface area (Å²) in [5.41, 5.74) is 2.55. The number of nitrogens with one attached hydrogen (secondary N) is 1. The van der Waals surface area contributed by atoms with Crippen LogP contribution in [-0.2, 0) is 6.54 Å². The average Bonchev–Trinajstić information content (AvgIpc) is 3.10. The lowest BCUT2D eigenvalue weighted by Gasteiger charge is -2.09. The van der Waals surface area contributed by atoms with Crippen LogP contribution in [0.15, 0.2) is 55.1 Å². The number of anilines is 1. The minimum absolute atomic E-state index is 0.0657. The van der Waals surface area contributed by atoms with Crippen LogP contribution >= 0.6 is 0 Å². The van der Waals surface area contributed by atoms with E-state index in [1.165, 1.54) is 18.5 Å². The Balaban J connectivity index is 1.73. The van der Waals surface area contributed by atoms with E-state index in [4.69, 9.17) is 0 Å². The van der Waals surface area contributed by atoms with Gasteiger partial charge in [-0.05, 0) is 30.2 Å². The van der Waals surface area contributed by atoms with Crippen LogP contribution in [0.3, 0.4) is 0 Å². The third kappa shape index (κ3) is 3.86. The third-order valence-corrected chi connectivity index (χ3v) is 3.71. The summed E-state index contributed by atoms with van der Waals surface area (Å²) in [6.45, 7) is 2.34. The highest BCUT2D eigenvalue weighted by Gasteiger charge is 2.12. The van der Waals surface area contributed by atoms with E-state index in [-0.39, 0.29) is 11.6 Å². The molecule has 3 aromatic rings. The number of benzene rings is 2. The fourth-order valence-corrected chi connectivity index (χ4v) is 2.32. The van der Waals surface area contributed by atoms with Crippen molar-refractivity contribution in [2.24, 2.45) is 0 Å². The molecule has 3 rings (SSSR count). The zero-order valence-electron chi connectivity index (χ0n) is 13.4. The van der Waals surface area contributed by atoms with Crippen LogP contribution in [-0.4, -0.2) is 25.6 Å². The van der Waals surface area contributed by atoms with Crippen molar-refractivity contribution in [2.75, 3.05) is 5.32 Å². The van der Waals surface area contributed by atoms with E-state index < -0.39 is 4.92 Å². The zero-order chi connectivity index (χ0) is 17.8. The number of hydrogen-bond donors (Lipinski definition) is 1. The van der Waals surface area contributed by atoms with Crippen molar-refractivity contribution in [3.8, 4) is 0 Å². The van der Waals surface area contributed by atoms with E-state index in [1.54, 1.807) is 36.1 Å². The molecule has 0 fully saturated rings. The SMILES string of the molecule is Cc1ccc([N+](=O)[O-])cc1NC(=O)c1ccc(Cn2cncn2)cc1. The summed E-state index contributed by atoms with van der Waals surface area (Å²) in [7, 11) is 0. The summed E-state index contributed by atoms with van der Waals surface area (Å²) < 4.78 is 1.68. The number of carbonyl (C=O) groups is 1. The van der Waals surface area contributed by atoms with Crippen molar-refractivity contribution in [1.29, 1.82) is 0 Å². The number of amides is 1. The Morgan fingerprint density at radius 3 is 2.64 bits per heavy atom. The lowest BCUT2D eigenvalue weighted by molar-refractivity contribution is -0.384. The number of non-ortho nitro benzene ring substituents is 1. The van der Waals surface area contributed by atoms with E-state index in [0.29, 0.717) is 17.8 Å². The molecule has 0 radical (unpaired) electrons. The van der Waals surface area contributed by atoms with Gasteiger partial charge >= 0.3 is 0 Å². The van der Waals surface area contributed by atoms with Crippen LogP contribution in [0.2, 0.25) is 0 Å². The molecule has 0 aliphatic heterocycles. The normalized spacial score (nSPS) is 10.4. The number of rotatable bonds is 5. The summed E-state index contributed by atoms with van der Waals surface area (Å²) in [5, 5.41) is 17.6. The molecule has 25 heavy (non-hydrogen) atoms. The topological polar surface area (TPSA) is 103 Å². The van der Waals surface area contributed by atoms with E-state index in [1.807, 2.05) is 12.1 Å². The molecule has 0 aliphatic carbocycles. The Morgan fingerprint density at radius 1 is 1.24 bits per heavy atom. The zero-order valence-corrected chi connectivity index (χ0v) is 13.4. The van der Waals surface area contributed by atoms with Gasteiger partial charge in [-0.3, -0.25) is 14.9 Å². The van der Waals surface area contributed by atoms with Crippen LogP contribution in [0.1, 0.15) is 21.5 Å². The second kappa shape index (κ2) is 6.91. The molecule has 8 nitrogen and oxygen atoms in total. The fourth-order valence-electron chi connectivity index (χ4n) is 2.32. The Morgan fingerprint density at radius 2 is 2.00 bits per heavy atom. The van der Waals surface area contributed by atoms with E-state index in [0.717, 1.165) is 11.1 Å². The number of nitro benzene ring substituents is 1. The fraction of sp³-hybridized carbons (Fsp3) is 0.118. The van der Waals surface area contributed by atoms with Crippen molar-refractivity contribution in [3.05, 3.63) is 81.9 Å². The molecule has 0 saturated heterocycles. The van der Waals surface area contributed by atoms with Crippen molar-refractivity contribution in [1.82, 2.24) is 14.8 Å². The highest BCUT2D eigenvalue weighted by Crippen LogP contribution is 2.22. The van der Waals surface area contributed by atoms with Gasteiger partial charge in [0.25, 0.3) is 11.6 Å². The first-order valence-corrected chi connectivity index (χ1v) is 7.50. The van der Waals surface area contributed by atoms with E-state index >= 15 is 0 Å². The predicted octanol–water partition coefficient (Wildman–Crippen LogP) is 2.80. The molecule has 0 unspecified atom stereocenters. The molecule has 1 aromatic heterocycles. The van der Waals surface area contributed by atoms with Gasteiger partial charge in [0.1, 0.15) is 12.7 Å². The van der Waals surface area contributed by atoms with Gasteiger partial charge in [0.2, 0.25) is 0 Å². The van der Waals surface area contributed by atoms with E-state index in [2.05, 4.69) is 15.4 Å². The summed E-state index contributed by atoms with van der Waals surface area (Å²) in [4.78, 5) is 26.6. The number of carbonyl (C=O) groups excluding carboxylic acids is 1. The van der Waals surface area contributed by atoms with Crippen molar-refractivity contribution >= 4 is 17.3 Å². The van der Waals surface area contributed by atoms with Crippen LogP contribution in [0.4, 0.5) is 11.4 Å². The highest BCUT2D eigenvalue weighted by atomic mass is 16.6. The van der Waals surface area contributed by atoms with Crippen LogP contribution in [0.5, 0.6) is 0 Å². The van der Waals surface area contributed by atoms with Gasteiger partial charge in [-0.15, -0.1) is 0 Å². The first-order valence-electron chi connectivity index (χ1n) is 7.50. The van der Waals surface area contributed by atoms with Gasteiger partial charge in [-0.1, -0.05) is 18.2 Å². The molecule has 1 heterocycles. The van der Waals surface area contributed by atoms with Gasteiger partial charge in [0.15, 0.2) is 0 Å². The lowest BCUT2D eigenvalue weighted by atomic mass is 10.1. The molecule has 2 aromatic carbocycles. The number of nitro groups is 1. The Labute approximate surface area is 143 Å². The molecular formula is C17H15N5O3. The largest absolute Gasteiger partial charge is 0.321 e. The van der Waals surface area contributed by atoms with Crippen LogP contribution < -0.4 is 5.32 Å². The number of hydrogen-bond acceptors (Lipinski definition) is 5. The van der Waals surface area contributed by atoms with Gasteiger partial charge in [-0.25, -0.2) is 9.67 Å². The van der Waals surface area contributed by atoms with Gasteiger partial charge in [0.05, 0.1) is 17.2 Å². The van der Waals surface area contributed by atoms with Crippen LogP contribution in [0, 0.1) is 17.0 Å². The summed E-state index contributed by atoms with van der Waals surface area (Å²) in [6, 6.07) is 11.4. The quantitative estimate of drug-likeness (QED) is 0.569. The smallest absolute Gasteiger partial charge is 0.271 e. The molecule has 0 aliphatic rings. The maximum atomic E-state index is 12.4. The van der Waals surface area contributed by atoms with Gasteiger partial charge in [-0.2, -0.15) is 5.10 Å². The molecule has 0 atom stereocenters. The van der Waals surface area contributed by atoms with Crippen molar-refractivity contribution in [2.45, 2.75) is 13.5 Å². The minimum Gasteiger partial charge on any atom is -0.321 e. The van der Waals surface area contributed by atoms with E-state index in [9.17, 15) is 14.9 Å². The molecule has 1 N–H and O–H groups in total. The molecule has 1 amide bonds. The van der Waals surface area contributed by atoms with Crippen LogP contribution in [0.25, 0.3) is 0 Å². The Kier molecular flexibility index (Phi) is 4.51. The first kappa shape index (κ1) is 16.3. The molecule has 0 saturated carbocycles. The maximum Gasteiger partial charge on any atom is 0.271 e. The first-order chi connectivity index (χ1) is 12.0. The number of aryl methyl sites for hydroxylation is 1. The second-order valence-corrected chi connectivity index (χ2v) is 5.50. The second-order valence-electron chi connectivity index (χ2n) is 5.50. The predicted molar refractivity (Wildman–Crippen MR) is 91.4 cm³/mol. The molecule has 8 heteroatoms. The number of nitrogens with zero attached hydrogens (tertiary/aromatic N) is 4. The van der Waals surface area contributed by atoms with Crippen molar-refractivity contribution in [3.63, 3.8) is 0 Å². The summed E-state index contributed by atoms with van der Waals surface area (Å²) >= 11 is 0. The molecule has 0 spiro atoms. The molecule has 0 bridgehead atoms. The maximum absolute atomic E-state index is 12.4. The average molecular weight is 337 g/mol.